The van der Waals surface area contributed by atoms with Crippen LogP contribution in [0, 0.1) is 0 Å². The minimum absolute atomic E-state index is 0.557. The predicted octanol–water partition coefficient (Wildman–Crippen LogP) is 4.89. The van der Waals surface area contributed by atoms with E-state index in [0.717, 1.165) is 11.1 Å². The molecule has 1 aromatic rings. The van der Waals surface area contributed by atoms with Gasteiger partial charge in [-0.15, -0.1) is 0 Å². The lowest BCUT2D eigenvalue weighted by molar-refractivity contribution is 1.60. The molecule has 0 saturated carbocycles. The molecule has 2 heteroatoms. The summed E-state index contributed by atoms with van der Waals surface area (Å²) in [5.74, 6) is 0. The van der Waals surface area contributed by atoms with Crippen LogP contribution in [0.2, 0.25) is 0 Å². The summed E-state index contributed by atoms with van der Waals surface area (Å²) >= 11 is 12.3. The highest BCUT2D eigenvalue weighted by Crippen LogP contribution is 2.30. The largest absolute Gasteiger partial charge is 0.0827 e. The van der Waals surface area contributed by atoms with Crippen LogP contribution in [0.4, 0.5) is 0 Å². The summed E-state index contributed by atoms with van der Waals surface area (Å²) in [6.45, 7) is 0. The fraction of sp³-hybridized carbons (Fsp3) is 0. The molecule has 2 rings (SSSR count). The second-order valence-corrected chi connectivity index (χ2v) is 4.14. The first-order valence-corrected chi connectivity index (χ1v) is 5.71. The average molecular weight is 249 g/mol. The van der Waals surface area contributed by atoms with E-state index < -0.39 is 0 Å². The van der Waals surface area contributed by atoms with E-state index in [9.17, 15) is 0 Å². The molecule has 0 fully saturated rings. The van der Waals surface area contributed by atoms with Crippen molar-refractivity contribution in [1.29, 1.82) is 0 Å². The highest BCUT2D eigenvalue weighted by Gasteiger charge is 2.07. The van der Waals surface area contributed by atoms with Gasteiger partial charge in [-0.25, -0.2) is 0 Å². The summed E-state index contributed by atoms with van der Waals surface area (Å²) in [5, 5.41) is 1.13. The van der Waals surface area contributed by atoms with Crippen LogP contribution in [0.1, 0.15) is 5.56 Å². The Morgan fingerprint density at radius 3 is 2.31 bits per heavy atom. The molecule has 0 spiro atoms. The van der Waals surface area contributed by atoms with Crippen molar-refractivity contribution >= 4 is 28.8 Å². The molecule has 0 heterocycles. The zero-order valence-electron chi connectivity index (χ0n) is 8.53. The Balaban J connectivity index is 2.53. The fourth-order valence-electron chi connectivity index (χ4n) is 1.47. The molecule has 0 bridgehead atoms. The molecular formula is C14H10Cl2. The van der Waals surface area contributed by atoms with Crippen molar-refractivity contribution in [2.45, 2.75) is 0 Å². The lowest BCUT2D eigenvalue weighted by atomic mass is 10.0. The first-order chi connectivity index (χ1) is 7.79. The van der Waals surface area contributed by atoms with E-state index in [-0.39, 0.29) is 0 Å². The Kier molecular flexibility index (Phi) is 3.66. The first kappa shape index (κ1) is 11.3. The minimum Gasteiger partial charge on any atom is -0.0827 e. The Labute approximate surface area is 105 Å². The molecule has 0 amide bonds. The van der Waals surface area contributed by atoms with Crippen molar-refractivity contribution in [2.75, 3.05) is 0 Å². The maximum Gasteiger partial charge on any atom is 0.0670 e. The molecule has 1 aromatic carbocycles. The molecule has 1 aliphatic carbocycles. The Morgan fingerprint density at radius 2 is 1.56 bits per heavy atom. The Hall–Kier alpha value is -1.24. The van der Waals surface area contributed by atoms with Gasteiger partial charge in [-0.3, -0.25) is 0 Å². The number of halogens is 2. The van der Waals surface area contributed by atoms with E-state index in [1.807, 2.05) is 54.6 Å². The molecule has 80 valence electrons. The van der Waals surface area contributed by atoms with Crippen molar-refractivity contribution in [1.82, 2.24) is 0 Å². The van der Waals surface area contributed by atoms with Gasteiger partial charge in [-0.2, -0.15) is 0 Å². The van der Waals surface area contributed by atoms with E-state index in [2.05, 4.69) is 0 Å². The second kappa shape index (κ2) is 5.20. The highest BCUT2D eigenvalue weighted by molar-refractivity contribution is 6.46. The zero-order chi connectivity index (χ0) is 11.4. The van der Waals surface area contributed by atoms with Gasteiger partial charge in [-0.05, 0) is 11.6 Å². The maximum atomic E-state index is 6.24. The lowest BCUT2D eigenvalue weighted by Gasteiger charge is -2.07. The number of rotatable bonds is 1. The van der Waals surface area contributed by atoms with Crippen molar-refractivity contribution in [2.24, 2.45) is 0 Å². The second-order valence-electron chi connectivity index (χ2n) is 3.35. The summed E-state index contributed by atoms with van der Waals surface area (Å²) in [6.07, 6.45) is 9.49. The number of hydrogen-bond donors (Lipinski definition) is 0. The van der Waals surface area contributed by atoms with Crippen LogP contribution >= 0.6 is 23.2 Å². The van der Waals surface area contributed by atoms with Gasteiger partial charge in [0.15, 0.2) is 0 Å². The van der Waals surface area contributed by atoms with Crippen LogP contribution in [0.15, 0.2) is 70.8 Å². The molecular weight excluding hydrogens is 239 g/mol. The number of hydrogen-bond acceptors (Lipinski definition) is 0. The van der Waals surface area contributed by atoms with Crippen molar-refractivity contribution in [3.05, 3.63) is 76.3 Å². The molecule has 0 atom stereocenters. The van der Waals surface area contributed by atoms with Crippen LogP contribution < -0.4 is 0 Å². The minimum atomic E-state index is 0.557. The molecule has 0 aromatic heterocycles. The average Bonchev–Trinajstić information content (AvgIpc) is 2.32. The smallest absolute Gasteiger partial charge is 0.0670 e. The van der Waals surface area contributed by atoms with Gasteiger partial charge in [0, 0.05) is 5.57 Å². The summed E-state index contributed by atoms with van der Waals surface area (Å²) in [4.78, 5) is 0. The molecule has 0 unspecified atom stereocenters. The van der Waals surface area contributed by atoms with Gasteiger partial charge in [-0.1, -0.05) is 77.8 Å². The van der Waals surface area contributed by atoms with E-state index in [1.165, 1.54) is 0 Å². The third-order valence-electron chi connectivity index (χ3n) is 2.26. The standard InChI is InChI=1S/C14H10Cl2/c15-13-10-6-2-5-9-12(14(13)16)11-7-3-1-4-8-11/h1-10H. The Bertz CT molecular complexity index is 491. The van der Waals surface area contributed by atoms with E-state index >= 15 is 0 Å². The third kappa shape index (κ3) is 2.46. The topological polar surface area (TPSA) is 0 Å². The summed E-state index contributed by atoms with van der Waals surface area (Å²) < 4.78 is 0. The van der Waals surface area contributed by atoms with Crippen LogP contribution in [0.5, 0.6) is 0 Å². The SMILES string of the molecule is ClC1=CC=CC=CC(c2ccccc2)=C1Cl. The van der Waals surface area contributed by atoms with Crippen LogP contribution in [0.25, 0.3) is 5.57 Å². The summed E-state index contributed by atoms with van der Waals surface area (Å²) in [5.41, 5.74) is 2.00. The van der Waals surface area contributed by atoms with Gasteiger partial charge < -0.3 is 0 Å². The van der Waals surface area contributed by atoms with Crippen LogP contribution in [0.3, 0.4) is 0 Å². The maximum absolute atomic E-state index is 6.24. The molecule has 1 aliphatic rings. The first-order valence-electron chi connectivity index (χ1n) is 4.95. The molecule has 0 aliphatic heterocycles. The highest BCUT2D eigenvalue weighted by atomic mass is 35.5. The quantitative estimate of drug-likeness (QED) is 0.665. The normalized spacial score (nSPS) is 15.8. The molecule has 0 N–H and O–H groups in total. The van der Waals surface area contributed by atoms with Gasteiger partial charge in [0.1, 0.15) is 0 Å². The van der Waals surface area contributed by atoms with E-state index in [1.54, 1.807) is 6.08 Å². The number of allylic oxidation sites excluding steroid dienone is 8. The van der Waals surface area contributed by atoms with Crippen LogP contribution in [-0.4, -0.2) is 0 Å². The zero-order valence-corrected chi connectivity index (χ0v) is 10.0. The van der Waals surface area contributed by atoms with Gasteiger partial charge >= 0.3 is 0 Å². The third-order valence-corrected chi connectivity index (χ3v) is 3.08. The van der Waals surface area contributed by atoms with Gasteiger partial charge in [0.2, 0.25) is 0 Å². The van der Waals surface area contributed by atoms with Crippen molar-refractivity contribution < 1.29 is 0 Å². The van der Waals surface area contributed by atoms with Crippen molar-refractivity contribution in [3.8, 4) is 0 Å². The molecule has 0 saturated heterocycles. The number of benzene rings is 1. The van der Waals surface area contributed by atoms with Crippen LogP contribution in [-0.2, 0) is 0 Å². The molecule has 16 heavy (non-hydrogen) atoms. The van der Waals surface area contributed by atoms with Gasteiger partial charge in [0.25, 0.3) is 0 Å². The Morgan fingerprint density at radius 1 is 0.812 bits per heavy atom. The fourth-order valence-corrected chi connectivity index (χ4v) is 1.88. The summed E-state index contributed by atoms with van der Waals surface area (Å²) in [7, 11) is 0. The van der Waals surface area contributed by atoms with E-state index in [4.69, 9.17) is 23.2 Å². The summed E-state index contributed by atoms with van der Waals surface area (Å²) in [6, 6.07) is 9.95. The van der Waals surface area contributed by atoms with Crippen molar-refractivity contribution in [3.63, 3.8) is 0 Å². The predicted molar refractivity (Wildman–Crippen MR) is 71.4 cm³/mol. The molecule has 0 radical (unpaired) electrons. The van der Waals surface area contributed by atoms with E-state index in [0.29, 0.717) is 10.1 Å². The van der Waals surface area contributed by atoms with Gasteiger partial charge in [0.05, 0.1) is 10.1 Å². The monoisotopic (exact) mass is 248 g/mol. The molecule has 0 nitrogen and oxygen atoms in total. The lowest BCUT2D eigenvalue weighted by Crippen LogP contribution is -1.86.